The van der Waals surface area contributed by atoms with Crippen molar-refractivity contribution in [1.29, 1.82) is 0 Å². The van der Waals surface area contributed by atoms with E-state index in [1.165, 1.54) is 6.07 Å². The first-order chi connectivity index (χ1) is 11.0. The van der Waals surface area contributed by atoms with Crippen LogP contribution in [-0.4, -0.2) is 51.0 Å². The first kappa shape index (κ1) is 16.0. The normalized spacial score (nSPS) is 18.3. The number of piperazine rings is 1. The Balaban J connectivity index is 1.57. The van der Waals surface area contributed by atoms with E-state index in [0.29, 0.717) is 5.56 Å². The minimum atomic E-state index is -0.535. The van der Waals surface area contributed by atoms with Gasteiger partial charge in [0.25, 0.3) is 0 Å². The monoisotopic (exact) mass is 321 g/mol. The van der Waals surface area contributed by atoms with Crippen LogP contribution in [0, 0.1) is 11.6 Å². The van der Waals surface area contributed by atoms with Gasteiger partial charge in [0.15, 0.2) is 0 Å². The van der Waals surface area contributed by atoms with Crippen molar-refractivity contribution in [3.63, 3.8) is 0 Å². The van der Waals surface area contributed by atoms with Gasteiger partial charge in [-0.2, -0.15) is 0 Å². The maximum absolute atomic E-state index is 13.9. The molecule has 1 aliphatic rings. The summed E-state index contributed by atoms with van der Waals surface area (Å²) in [6.07, 6.45) is 1.92. The van der Waals surface area contributed by atoms with E-state index >= 15 is 0 Å². The lowest BCUT2D eigenvalue weighted by Gasteiger charge is -2.38. The fourth-order valence-electron chi connectivity index (χ4n) is 3.04. The third kappa shape index (κ3) is 3.73. The molecule has 1 aromatic carbocycles. The number of hydrogen-bond donors (Lipinski definition) is 0. The molecule has 1 aliphatic heterocycles. The van der Waals surface area contributed by atoms with Crippen LogP contribution in [0.5, 0.6) is 0 Å². The quantitative estimate of drug-likeness (QED) is 0.863. The van der Waals surface area contributed by atoms with Crippen molar-refractivity contribution in [3.05, 3.63) is 47.3 Å². The van der Waals surface area contributed by atoms with Crippen molar-refractivity contribution in [3.8, 4) is 0 Å². The van der Waals surface area contributed by atoms with Gasteiger partial charge in [-0.15, -0.1) is 5.10 Å². The summed E-state index contributed by atoms with van der Waals surface area (Å²) >= 11 is 0. The number of aryl methyl sites for hydroxylation is 1. The highest BCUT2D eigenvalue weighted by Crippen LogP contribution is 2.24. The average molecular weight is 321 g/mol. The zero-order valence-electron chi connectivity index (χ0n) is 13.4. The van der Waals surface area contributed by atoms with Crippen molar-refractivity contribution in [2.45, 2.75) is 19.5 Å². The molecule has 0 aliphatic carbocycles. The number of rotatable bonds is 4. The van der Waals surface area contributed by atoms with Crippen molar-refractivity contribution < 1.29 is 8.78 Å². The van der Waals surface area contributed by atoms with Crippen LogP contribution in [0.15, 0.2) is 24.4 Å². The zero-order chi connectivity index (χ0) is 16.4. The molecule has 7 heteroatoms. The van der Waals surface area contributed by atoms with Crippen molar-refractivity contribution in [2.75, 3.05) is 26.2 Å². The molecule has 1 atom stereocenters. The lowest BCUT2D eigenvalue weighted by atomic mass is 10.1. The highest BCUT2D eigenvalue weighted by Gasteiger charge is 2.24. The largest absolute Gasteiger partial charge is 0.295 e. The number of benzene rings is 1. The van der Waals surface area contributed by atoms with Crippen molar-refractivity contribution in [1.82, 2.24) is 24.8 Å². The van der Waals surface area contributed by atoms with Gasteiger partial charge >= 0.3 is 0 Å². The number of aromatic nitrogens is 3. The van der Waals surface area contributed by atoms with Gasteiger partial charge in [0.2, 0.25) is 0 Å². The predicted molar refractivity (Wildman–Crippen MR) is 82.6 cm³/mol. The van der Waals surface area contributed by atoms with Crippen LogP contribution in [0.3, 0.4) is 0 Å². The van der Waals surface area contributed by atoms with E-state index in [-0.39, 0.29) is 6.04 Å². The van der Waals surface area contributed by atoms with E-state index in [9.17, 15) is 8.78 Å². The second kappa shape index (κ2) is 6.72. The number of hydrogen-bond acceptors (Lipinski definition) is 4. The minimum absolute atomic E-state index is 0.0609. The van der Waals surface area contributed by atoms with Crippen LogP contribution < -0.4 is 0 Å². The van der Waals surface area contributed by atoms with Gasteiger partial charge in [0.1, 0.15) is 11.6 Å². The van der Waals surface area contributed by atoms with Crippen LogP contribution in [-0.2, 0) is 13.6 Å². The highest BCUT2D eigenvalue weighted by atomic mass is 19.1. The van der Waals surface area contributed by atoms with Crippen LogP contribution in [0.4, 0.5) is 8.78 Å². The van der Waals surface area contributed by atoms with Gasteiger partial charge < -0.3 is 0 Å². The molecule has 0 amide bonds. The van der Waals surface area contributed by atoms with E-state index < -0.39 is 11.6 Å². The molecule has 0 spiro atoms. The standard InChI is InChI=1S/C16H21F2N5/c1-12(15-4-3-13(17)9-16(15)18)23-7-5-22(6-8-23)11-14-10-21(2)20-19-14/h3-4,9-10,12H,5-8,11H2,1-2H3. The smallest absolute Gasteiger partial charge is 0.130 e. The summed E-state index contributed by atoms with van der Waals surface area (Å²) in [7, 11) is 1.85. The Morgan fingerprint density at radius 3 is 2.52 bits per heavy atom. The number of halogens is 2. The molecule has 2 aromatic rings. The topological polar surface area (TPSA) is 37.2 Å². The fraction of sp³-hybridized carbons (Fsp3) is 0.500. The first-order valence-corrected chi connectivity index (χ1v) is 7.79. The van der Waals surface area contributed by atoms with E-state index in [1.54, 1.807) is 10.7 Å². The van der Waals surface area contributed by atoms with E-state index in [4.69, 9.17) is 0 Å². The van der Waals surface area contributed by atoms with E-state index in [1.807, 2.05) is 20.2 Å². The van der Waals surface area contributed by atoms with Gasteiger partial charge in [-0.25, -0.2) is 8.78 Å². The zero-order valence-corrected chi connectivity index (χ0v) is 13.4. The molecule has 2 heterocycles. The highest BCUT2D eigenvalue weighted by molar-refractivity contribution is 5.22. The molecule has 1 saturated heterocycles. The summed E-state index contributed by atoms with van der Waals surface area (Å²) < 4.78 is 28.7. The molecule has 1 fully saturated rings. The predicted octanol–water partition coefficient (Wildman–Crippen LogP) is 1.97. The molecule has 1 unspecified atom stereocenters. The Labute approximate surface area is 134 Å². The molecule has 3 rings (SSSR count). The maximum Gasteiger partial charge on any atom is 0.130 e. The van der Waals surface area contributed by atoms with Gasteiger partial charge in [0, 0.05) is 63.6 Å². The molecule has 1 aromatic heterocycles. The molecule has 124 valence electrons. The molecule has 0 saturated carbocycles. The van der Waals surface area contributed by atoms with Crippen LogP contribution in [0.2, 0.25) is 0 Å². The van der Waals surface area contributed by atoms with Gasteiger partial charge in [-0.05, 0) is 13.0 Å². The van der Waals surface area contributed by atoms with E-state index in [2.05, 4.69) is 20.1 Å². The van der Waals surface area contributed by atoms with Gasteiger partial charge in [-0.3, -0.25) is 14.5 Å². The van der Waals surface area contributed by atoms with Crippen LogP contribution in [0.1, 0.15) is 24.2 Å². The molecule has 0 bridgehead atoms. The summed E-state index contributed by atoms with van der Waals surface area (Å²) in [4.78, 5) is 4.54. The van der Waals surface area contributed by atoms with Gasteiger partial charge in [0.05, 0.1) is 5.69 Å². The molecular weight excluding hydrogens is 300 g/mol. The SMILES string of the molecule is CC(c1ccc(F)cc1F)N1CCN(Cc2cn(C)nn2)CC1. The summed E-state index contributed by atoms with van der Waals surface area (Å²) in [5.74, 6) is -1.01. The lowest BCUT2D eigenvalue weighted by molar-refractivity contribution is 0.0957. The third-order valence-electron chi connectivity index (χ3n) is 4.40. The Bertz CT molecular complexity index is 664. The minimum Gasteiger partial charge on any atom is -0.295 e. The summed E-state index contributed by atoms with van der Waals surface area (Å²) in [6, 6.07) is 3.76. The third-order valence-corrected chi connectivity index (χ3v) is 4.40. The van der Waals surface area contributed by atoms with Crippen LogP contribution in [0.25, 0.3) is 0 Å². The molecule has 23 heavy (non-hydrogen) atoms. The Morgan fingerprint density at radius 2 is 1.91 bits per heavy atom. The average Bonchev–Trinajstić information content (AvgIpc) is 2.92. The lowest BCUT2D eigenvalue weighted by Crippen LogP contribution is -2.46. The second-order valence-corrected chi connectivity index (χ2v) is 6.04. The Kier molecular flexibility index (Phi) is 4.68. The second-order valence-electron chi connectivity index (χ2n) is 6.04. The number of nitrogens with zero attached hydrogens (tertiary/aromatic N) is 5. The summed E-state index contributed by atoms with van der Waals surface area (Å²) in [5, 5.41) is 8.04. The van der Waals surface area contributed by atoms with Gasteiger partial charge in [-0.1, -0.05) is 11.3 Å². The molecule has 0 N–H and O–H groups in total. The Morgan fingerprint density at radius 1 is 1.17 bits per heavy atom. The molecule has 5 nitrogen and oxygen atoms in total. The molecule has 0 radical (unpaired) electrons. The fourth-order valence-corrected chi connectivity index (χ4v) is 3.04. The van der Waals surface area contributed by atoms with Crippen molar-refractivity contribution >= 4 is 0 Å². The summed E-state index contributed by atoms with van der Waals surface area (Å²) in [6.45, 7) is 6.22. The van der Waals surface area contributed by atoms with Crippen molar-refractivity contribution in [2.24, 2.45) is 7.05 Å². The first-order valence-electron chi connectivity index (χ1n) is 7.79. The van der Waals surface area contributed by atoms with E-state index in [0.717, 1.165) is 44.5 Å². The van der Waals surface area contributed by atoms with Crippen LogP contribution >= 0.6 is 0 Å². The summed E-state index contributed by atoms with van der Waals surface area (Å²) in [5.41, 5.74) is 1.51. The maximum atomic E-state index is 13.9. The molecular formula is C16H21F2N5. The Hall–Kier alpha value is -1.86.